The van der Waals surface area contributed by atoms with Crippen molar-refractivity contribution < 1.29 is 4.79 Å². The van der Waals surface area contributed by atoms with Crippen molar-refractivity contribution in [3.8, 4) is 0 Å². The van der Waals surface area contributed by atoms with Crippen LogP contribution in [0.25, 0.3) is 0 Å². The third-order valence-electron chi connectivity index (χ3n) is 1.83. The molecule has 1 nitrogen and oxygen atoms in total. The van der Waals surface area contributed by atoms with Gasteiger partial charge < -0.3 is 0 Å². The molecular formula is C10H10BrClO. The van der Waals surface area contributed by atoms with Crippen molar-refractivity contribution in [1.29, 1.82) is 0 Å². The zero-order chi connectivity index (χ0) is 9.84. The monoisotopic (exact) mass is 260 g/mol. The SMILES string of the molecule is CC(=O)C(Cl)c1ccccc1CBr. The Hall–Kier alpha value is -0.340. The summed E-state index contributed by atoms with van der Waals surface area (Å²) >= 11 is 9.31. The standard InChI is InChI=1S/C10H10BrClO/c1-7(13)10(12)9-5-3-2-4-8(9)6-11/h2-5,10H,6H2,1H3. The summed E-state index contributed by atoms with van der Waals surface area (Å²) in [6, 6.07) is 7.67. The number of rotatable bonds is 3. The molecule has 0 bridgehead atoms. The van der Waals surface area contributed by atoms with E-state index in [1.54, 1.807) is 0 Å². The summed E-state index contributed by atoms with van der Waals surface area (Å²) < 4.78 is 0. The molecule has 0 radical (unpaired) electrons. The highest BCUT2D eigenvalue weighted by molar-refractivity contribution is 9.08. The van der Waals surface area contributed by atoms with Crippen LogP contribution in [0.15, 0.2) is 24.3 Å². The normalized spacial score (nSPS) is 12.5. The maximum absolute atomic E-state index is 11.1. The van der Waals surface area contributed by atoms with Crippen LogP contribution in [0.4, 0.5) is 0 Å². The topological polar surface area (TPSA) is 17.1 Å². The van der Waals surface area contributed by atoms with Crippen LogP contribution < -0.4 is 0 Å². The van der Waals surface area contributed by atoms with Gasteiger partial charge in [0.15, 0.2) is 5.78 Å². The van der Waals surface area contributed by atoms with Gasteiger partial charge in [0.1, 0.15) is 5.38 Å². The lowest BCUT2D eigenvalue weighted by Crippen LogP contribution is -2.04. The molecule has 0 fully saturated rings. The molecular weight excluding hydrogens is 251 g/mol. The third kappa shape index (κ3) is 2.55. The summed E-state index contributed by atoms with van der Waals surface area (Å²) in [4.78, 5) is 11.1. The molecule has 13 heavy (non-hydrogen) atoms. The Bertz CT molecular complexity index is 312. The number of Topliss-reactive ketones (excluding diaryl/α,β-unsaturated/α-hetero) is 1. The molecule has 0 saturated carbocycles. The van der Waals surface area contributed by atoms with Crippen LogP contribution in [0.1, 0.15) is 23.4 Å². The molecule has 70 valence electrons. The van der Waals surface area contributed by atoms with E-state index in [1.807, 2.05) is 24.3 Å². The number of hydrogen-bond donors (Lipinski definition) is 0. The molecule has 1 unspecified atom stereocenters. The summed E-state index contributed by atoms with van der Waals surface area (Å²) in [6.45, 7) is 1.50. The Morgan fingerprint density at radius 2 is 2.15 bits per heavy atom. The highest BCUT2D eigenvalue weighted by Gasteiger charge is 2.15. The molecule has 0 aliphatic rings. The van der Waals surface area contributed by atoms with Gasteiger partial charge in [0, 0.05) is 5.33 Å². The van der Waals surface area contributed by atoms with Gasteiger partial charge in [-0.15, -0.1) is 11.6 Å². The van der Waals surface area contributed by atoms with Crippen LogP contribution in [-0.2, 0) is 10.1 Å². The number of alkyl halides is 2. The van der Waals surface area contributed by atoms with Gasteiger partial charge in [-0.2, -0.15) is 0 Å². The van der Waals surface area contributed by atoms with E-state index in [-0.39, 0.29) is 5.78 Å². The van der Waals surface area contributed by atoms with Crippen LogP contribution in [0.3, 0.4) is 0 Å². The molecule has 0 spiro atoms. The quantitative estimate of drug-likeness (QED) is 0.762. The van der Waals surface area contributed by atoms with E-state index < -0.39 is 5.38 Å². The van der Waals surface area contributed by atoms with E-state index in [1.165, 1.54) is 6.92 Å². The molecule has 0 amide bonds. The molecule has 1 atom stereocenters. The number of hydrogen-bond acceptors (Lipinski definition) is 1. The van der Waals surface area contributed by atoms with Crippen molar-refractivity contribution in [2.75, 3.05) is 0 Å². The lowest BCUT2D eigenvalue weighted by Gasteiger charge is -2.09. The largest absolute Gasteiger partial charge is 0.298 e. The Balaban J connectivity index is 3.05. The van der Waals surface area contributed by atoms with E-state index in [0.717, 1.165) is 16.5 Å². The number of carbonyl (C=O) groups is 1. The molecule has 1 aromatic carbocycles. The van der Waals surface area contributed by atoms with Gasteiger partial charge in [0.2, 0.25) is 0 Å². The first-order valence-electron chi connectivity index (χ1n) is 3.95. The van der Waals surface area contributed by atoms with Crippen LogP contribution in [0.5, 0.6) is 0 Å². The van der Waals surface area contributed by atoms with Gasteiger partial charge >= 0.3 is 0 Å². The van der Waals surface area contributed by atoms with E-state index in [4.69, 9.17) is 11.6 Å². The first-order valence-corrected chi connectivity index (χ1v) is 5.51. The lowest BCUT2D eigenvalue weighted by molar-refractivity contribution is -0.116. The second kappa shape index (κ2) is 4.77. The number of carbonyl (C=O) groups excluding carboxylic acids is 1. The number of halogens is 2. The maximum Gasteiger partial charge on any atom is 0.152 e. The fourth-order valence-corrected chi connectivity index (χ4v) is 1.85. The van der Waals surface area contributed by atoms with Crippen molar-refractivity contribution in [3.05, 3.63) is 35.4 Å². The second-order valence-electron chi connectivity index (χ2n) is 2.81. The highest BCUT2D eigenvalue weighted by Crippen LogP contribution is 2.26. The van der Waals surface area contributed by atoms with Gasteiger partial charge in [-0.05, 0) is 18.1 Å². The fourth-order valence-electron chi connectivity index (χ4n) is 1.12. The van der Waals surface area contributed by atoms with Crippen molar-refractivity contribution in [2.24, 2.45) is 0 Å². The van der Waals surface area contributed by atoms with Crippen LogP contribution in [0.2, 0.25) is 0 Å². The molecule has 1 aromatic rings. The summed E-state index contributed by atoms with van der Waals surface area (Å²) in [6.07, 6.45) is 0. The van der Waals surface area contributed by atoms with Crippen molar-refractivity contribution in [1.82, 2.24) is 0 Å². The van der Waals surface area contributed by atoms with Crippen LogP contribution in [-0.4, -0.2) is 5.78 Å². The predicted molar refractivity (Wildman–Crippen MR) is 58.3 cm³/mol. The average Bonchev–Trinajstić information content (AvgIpc) is 2.16. The van der Waals surface area contributed by atoms with Crippen molar-refractivity contribution >= 4 is 33.3 Å². The Morgan fingerprint density at radius 1 is 1.54 bits per heavy atom. The second-order valence-corrected chi connectivity index (χ2v) is 3.80. The average molecular weight is 262 g/mol. The molecule has 0 aliphatic carbocycles. The summed E-state index contributed by atoms with van der Waals surface area (Å²) in [5.41, 5.74) is 1.96. The van der Waals surface area contributed by atoms with Crippen molar-refractivity contribution in [2.45, 2.75) is 17.6 Å². The lowest BCUT2D eigenvalue weighted by atomic mass is 10.0. The first-order chi connectivity index (χ1) is 6.16. The van der Waals surface area contributed by atoms with Crippen LogP contribution in [0, 0.1) is 0 Å². The first kappa shape index (κ1) is 10.7. The van der Waals surface area contributed by atoms with Gasteiger partial charge in [0.25, 0.3) is 0 Å². The Morgan fingerprint density at radius 3 is 2.69 bits per heavy atom. The summed E-state index contributed by atoms with van der Waals surface area (Å²) in [7, 11) is 0. The molecule has 0 aromatic heterocycles. The molecule has 3 heteroatoms. The van der Waals surface area contributed by atoms with Gasteiger partial charge in [0.05, 0.1) is 0 Å². The molecule has 0 N–H and O–H groups in total. The smallest absolute Gasteiger partial charge is 0.152 e. The fraction of sp³-hybridized carbons (Fsp3) is 0.300. The van der Waals surface area contributed by atoms with E-state index in [0.29, 0.717) is 0 Å². The van der Waals surface area contributed by atoms with Gasteiger partial charge in [-0.25, -0.2) is 0 Å². The zero-order valence-electron chi connectivity index (χ0n) is 7.26. The predicted octanol–water partition coefficient (Wildman–Crippen LogP) is 3.45. The maximum atomic E-state index is 11.1. The number of benzene rings is 1. The molecule has 0 heterocycles. The zero-order valence-corrected chi connectivity index (χ0v) is 9.60. The minimum absolute atomic E-state index is 0.0185. The minimum Gasteiger partial charge on any atom is -0.298 e. The van der Waals surface area contributed by atoms with Crippen LogP contribution >= 0.6 is 27.5 Å². The molecule has 0 aliphatic heterocycles. The van der Waals surface area contributed by atoms with Gasteiger partial charge in [-0.1, -0.05) is 40.2 Å². The third-order valence-corrected chi connectivity index (χ3v) is 2.98. The van der Waals surface area contributed by atoms with Gasteiger partial charge in [-0.3, -0.25) is 4.79 Å². The molecule has 1 rings (SSSR count). The Kier molecular flexibility index (Phi) is 3.94. The summed E-state index contributed by atoms with van der Waals surface area (Å²) in [5, 5.41) is 0.202. The summed E-state index contributed by atoms with van der Waals surface area (Å²) in [5.74, 6) is -0.0185. The molecule has 0 saturated heterocycles. The minimum atomic E-state index is -0.520. The van der Waals surface area contributed by atoms with E-state index in [2.05, 4.69) is 15.9 Å². The Labute approximate surface area is 91.2 Å². The van der Waals surface area contributed by atoms with E-state index in [9.17, 15) is 4.79 Å². The number of ketones is 1. The van der Waals surface area contributed by atoms with E-state index >= 15 is 0 Å². The highest BCUT2D eigenvalue weighted by atomic mass is 79.9. The van der Waals surface area contributed by atoms with Crippen molar-refractivity contribution in [3.63, 3.8) is 0 Å².